The lowest BCUT2D eigenvalue weighted by molar-refractivity contribution is -0.383. The first-order chi connectivity index (χ1) is 9.52. The van der Waals surface area contributed by atoms with E-state index in [2.05, 4.69) is 36.6 Å². The number of nitrogens with zero attached hydrogens (tertiary/aromatic N) is 3. The van der Waals surface area contributed by atoms with Crippen LogP contribution in [0.2, 0.25) is 5.02 Å². The summed E-state index contributed by atoms with van der Waals surface area (Å²) in [6, 6.07) is 4.95. The van der Waals surface area contributed by atoms with Crippen LogP contribution < -0.4 is 16.6 Å². The topological polar surface area (TPSA) is 119 Å². The summed E-state index contributed by atoms with van der Waals surface area (Å²) in [5.41, 5.74) is 2.38. The number of nitro groups is 1. The van der Waals surface area contributed by atoms with E-state index in [-0.39, 0.29) is 17.3 Å². The van der Waals surface area contributed by atoms with Gasteiger partial charge in [0.15, 0.2) is 0 Å². The second-order valence-electron chi connectivity index (χ2n) is 3.57. The van der Waals surface area contributed by atoms with Crippen molar-refractivity contribution in [3.05, 3.63) is 44.1 Å². The minimum absolute atomic E-state index is 0.0148. The van der Waals surface area contributed by atoms with Crippen molar-refractivity contribution in [3.8, 4) is 0 Å². The molecule has 20 heavy (non-hydrogen) atoms. The summed E-state index contributed by atoms with van der Waals surface area (Å²) >= 11 is 9.13. The summed E-state index contributed by atoms with van der Waals surface area (Å²) in [6.45, 7) is 0. The Balaban J connectivity index is 2.45. The predicted octanol–water partition coefficient (Wildman–Crippen LogP) is 2.83. The molecule has 0 aliphatic heterocycles. The molecule has 2 rings (SSSR count). The van der Waals surface area contributed by atoms with Crippen molar-refractivity contribution in [1.29, 1.82) is 0 Å². The zero-order chi connectivity index (χ0) is 14.7. The van der Waals surface area contributed by atoms with Crippen molar-refractivity contribution in [3.63, 3.8) is 0 Å². The fraction of sp³-hybridized carbons (Fsp3) is 0. The first kappa shape index (κ1) is 14.4. The molecule has 0 atom stereocenters. The average molecular weight is 360 g/mol. The van der Waals surface area contributed by atoms with Gasteiger partial charge in [-0.25, -0.2) is 15.8 Å². The van der Waals surface area contributed by atoms with Gasteiger partial charge < -0.3 is 10.7 Å². The maximum absolute atomic E-state index is 11.1. The van der Waals surface area contributed by atoms with E-state index in [1.165, 1.54) is 0 Å². The van der Waals surface area contributed by atoms with Gasteiger partial charge in [-0.2, -0.15) is 0 Å². The minimum atomic E-state index is -0.624. The minimum Gasteiger partial charge on any atom is -0.333 e. The van der Waals surface area contributed by atoms with Crippen molar-refractivity contribution in [2.75, 3.05) is 10.7 Å². The number of nitrogens with two attached hydrogens (primary N) is 1. The summed E-state index contributed by atoms with van der Waals surface area (Å²) in [5.74, 6) is 5.13. The highest BCUT2D eigenvalue weighted by Crippen LogP contribution is 2.33. The molecule has 8 nitrogen and oxygen atoms in total. The van der Waals surface area contributed by atoms with Crippen LogP contribution in [0.15, 0.2) is 29.0 Å². The molecule has 0 aliphatic rings. The van der Waals surface area contributed by atoms with Gasteiger partial charge in [0, 0.05) is 9.50 Å². The van der Waals surface area contributed by atoms with Gasteiger partial charge in [-0.15, -0.1) is 0 Å². The smallest absolute Gasteiger partial charge is 0.333 e. The fourth-order valence-electron chi connectivity index (χ4n) is 1.47. The Morgan fingerprint density at radius 1 is 1.35 bits per heavy atom. The van der Waals surface area contributed by atoms with E-state index in [4.69, 9.17) is 17.4 Å². The first-order valence-electron chi connectivity index (χ1n) is 5.21. The molecule has 0 fully saturated rings. The zero-order valence-corrected chi connectivity index (χ0v) is 12.1. The summed E-state index contributed by atoms with van der Waals surface area (Å²) in [6.07, 6.45) is 1.16. The Kier molecular flexibility index (Phi) is 4.32. The van der Waals surface area contributed by atoms with Gasteiger partial charge in [0.1, 0.15) is 6.33 Å². The van der Waals surface area contributed by atoms with Crippen LogP contribution in [0.3, 0.4) is 0 Å². The molecule has 2 aromatic rings. The van der Waals surface area contributed by atoms with E-state index < -0.39 is 4.92 Å². The number of benzene rings is 1. The Morgan fingerprint density at radius 3 is 2.65 bits per heavy atom. The van der Waals surface area contributed by atoms with Gasteiger partial charge >= 0.3 is 5.69 Å². The number of anilines is 3. The number of rotatable bonds is 4. The van der Waals surface area contributed by atoms with Crippen LogP contribution in [-0.4, -0.2) is 14.9 Å². The van der Waals surface area contributed by atoms with Gasteiger partial charge in [0.2, 0.25) is 11.6 Å². The third-order valence-electron chi connectivity index (χ3n) is 2.33. The van der Waals surface area contributed by atoms with Crippen molar-refractivity contribution in [2.24, 2.45) is 5.84 Å². The average Bonchev–Trinajstić information content (AvgIpc) is 2.41. The molecule has 0 radical (unpaired) electrons. The van der Waals surface area contributed by atoms with Gasteiger partial charge in [-0.3, -0.25) is 10.1 Å². The SMILES string of the molecule is NNc1ncnc(Nc2ccc(Cl)cc2Br)c1[N+](=O)[O-]. The summed E-state index contributed by atoms with van der Waals surface area (Å²) < 4.78 is 0.639. The van der Waals surface area contributed by atoms with Crippen molar-refractivity contribution in [2.45, 2.75) is 0 Å². The molecular weight excluding hydrogens is 352 g/mol. The zero-order valence-electron chi connectivity index (χ0n) is 9.80. The summed E-state index contributed by atoms with van der Waals surface area (Å²) in [7, 11) is 0. The maximum Gasteiger partial charge on any atom is 0.354 e. The monoisotopic (exact) mass is 358 g/mol. The van der Waals surface area contributed by atoms with Gasteiger partial charge in [-0.05, 0) is 34.1 Å². The fourth-order valence-corrected chi connectivity index (χ4v) is 2.25. The largest absolute Gasteiger partial charge is 0.354 e. The number of halogens is 2. The molecule has 0 amide bonds. The van der Waals surface area contributed by atoms with Crippen LogP contribution in [0.5, 0.6) is 0 Å². The Bertz CT molecular complexity index is 668. The molecule has 0 saturated heterocycles. The molecule has 0 spiro atoms. The number of aromatic nitrogens is 2. The first-order valence-corrected chi connectivity index (χ1v) is 6.38. The highest BCUT2D eigenvalue weighted by molar-refractivity contribution is 9.10. The maximum atomic E-state index is 11.1. The molecule has 1 aromatic heterocycles. The Morgan fingerprint density at radius 2 is 2.05 bits per heavy atom. The Hall–Kier alpha value is -1.97. The number of nitrogens with one attached hydrogen (secondary N) is 2. The molecule has 1 heterocycles. The molecule has 0 saturated carbocycles. The highest BCUT2D eigenvalue weighted by atomic mass is 79.9. The summed E-state index contributed by atoms with van der Waals surface area (Å²) in [5, 5.41) is 14.4. The lowest BCUT2D eigenvalue weighted by atomic mass is 10.3. The summed E-state index contributed by atoms with van der Waals surface area (Å²) in [4.78, 5) is 18.0. The number of hydrogen-bond donors (Lipinski definition) is 3. The second kappa shape index (κ2) is 5.99. The van der Waals surface area contributed by atoms with Crippen molar-refractivity contribution >= 4 is 50.5 Å². The molecule has 1 aromatic carbocycles. The predicted molar refractivity (Wildman–Crippen MR) is 78.9 cm³/mol. The van der Waals surface area contributed by atoms with Gasteiger partial charge in [0.25, 0.3) is 0 Å². The van der Waals surface area contributed by atoms with E-state index >= 15 is 0 Å². The standard InChI is InChI=1S/C10H8BrClN6O2/c11-6-3-5(12)1-2-7(6)16-9-8(18(19)20)10(17-13)15-4-14-9/h1-4H,13H2,(H2,14,15,16,17). The quantitative estimate of drug-likeness (QED) is 0.436. The van der Waals surface area contributed by atoms with Crippen LogP contribution in [0, 0.1) is 10.1 Å². The second-order valence-corrected chi connectivity index (χ2v) is 4.86. The number of hydrazine groups is 1. The third-order valence-corrected chi connectivity index (χ3v) is 3.22. The van der Waals surface area contributed by atoms with Crippen molar-refractivity contribution < 1.29 is 4.92 Å². The molecule has 0 bridgehead atoms. The number of nitrogen functional groups attached to an aromatic ring is 1. The van der Waals surface area contributed by atoms with E-state index in [1.807, 2.05) is 0 Å². The van der Waals surface area contributed by atoms with E-state index in [0.717, 1.165) is 6.33 Å². The van der Waals surface area contributed by atoms with E-state index in [1.54, 1.807) is 18.2 Å². The molecule has 0 aliphatic carbocycles. The van der Waals surface area contributed by atoms with Crippen LogP contribution in [0.25, 0.3) is 0 Å². The van der Waals surface area contributed by atoms with E-state index in [9.17, 15) is 10.1 Å². The lowest BCUT2D eigenvalue weighted by Crippen LogP contribution is -2.12. The molecule has 4 N–H and O–H groups in total. The van der Waals surface area contributed by atoms with Gasteiger partial charge in [-0.1, -0.05) is 11.6 Å². The normalized spacial score (nSPS) is 10.2. The van der Waals surface area contributed by atoms with Crippen LogP contribution >= 0.6 is 27.5 Å². The highest BCUT2D eigenvalue weighted by Gasteiger charge is 2.22. The van der Waals surface area contributed by atoms with Crippen LogP contribution in [0.4, 0.5) is 23.0 Å². The molecule has 104 valence electrons. The number of hydrogen-bond acceptors (Lipinski definition) is 7. The molecular formula is C10H8BrClN6O2. The lowest BCUT2D eigenvalue weighted by Gasteiger charge is -2.09. The van der Waals surface area contributed by atoms with Gasteiger partial charge in [0.05, 0.1) is 10.6 Å². The van der Waals surface area contributed by atoms with Crippen molar-refractivity contribution in [1.82, 2.24) is 9.97 Å². The van der Waals surface area contributed by atoms with E-state index in [0.29, 0.717) is 15.2 Å². The third kappa shape index (κ3) is 2.95. The van der Waals surface area contributed by atoms with Crippen LogP contribution in [0.1, 0.15) is 0 Å². The molecule has 10 heteroatoms. The Labute approximate surface area is 126 Å². The van der Waals surface area contributed by atoms with Crippen LogP contribution in [-0.2, 0) is 0 Å². The molecule has 0 unspecified atom stereocenters.